The minimum absolute atomic E-state index is 0.291. The first-order valence-electron chi connectivity index (χ1n) is 2.00. The van der Waals surface area contributed by atoms with Crippen LogP contribution in [0.5, 0.6) is 0 Å². The second kappa shape index (κ2) is 2.09. The van der Waals surface area contributed by atoms with Crippen LogP contribution < -0.4 is 28.6 Å². The Morgan fingerprint density at radius 3 is 1.86 bits per heavy atom. The molecular weight excluding hydrogens is 203 g/mol. The maximum atomic E-state index is 5.53. The summed E-state index contributed by atoms with van der Waals surface area (Å²) in [6.07, 6.45) is 0. The van der Waals surface area contributed by atoms with E-state index in [0.29, 0.717) is 0 Å². The fourth-order valence-electron chi connectivity index (χ4n) is 0. The maximum absolute atomic E-state index is 5.53. The third-order valence-electron chi connectivity index (χ3n) is 0.625. The van der Waals surface area contributed by atoms with E-state index >= 15 is 0 Å². The van der Waals surface area contributed by atoms with Crippen molar-refractivity contribution in [1.82, 2.24) is 0 Å². The zero-order valence-corrected chi connectivity index (χ0v) is 6.77. The van der Waals surface area contributed by atoms with Gasteiger partial charge in [-0.25, -0.2) is 0 Å². The van der Waals surface area contributed by atoms with Gasteiger partial charge >= 0.3 is 0 Å². The van der Waals surface area contributed by atoms with E-state index in [-0.39, 0.29) is 5.66 Å². The first-order chi connectivity index (χ1) is 2.94. The molecule has 0 rings (SSSR count). The quantitative estimate of drug-likeness (QED) is 0.212. The summed E-state index contributed by atoms with van der Waals surface area (Å²) in [4.78, 5) is 0. The molecule has 0 unspecified atom stereocenters. The molecule has 0 saturated heterocycles. The highest BCUT2D eigenvalue weighted by atomic mass is 127. The number of hydrogen-bond donors (Lipinski definition) is 1. The fourth-order valence-corrected chi connectivity index (χ4v) is 0. The summed E-state index contributed by atoms with van der Waals surface area (Å²) < 4.78 is 1.69. The Labute approximate surface area is 57.9 Å². The molecule has 0 amide bonds. The van der Waals surface area contributed by atoms with Gasteiger partial charge in [0.2, 0.25) is 0 Å². The standard InChI is InChI=1S/C4H10IN2/c1-4(2,6)7(3)5/h3,6H2,1-2H3. The average molecular weight is 213 g/mol. The van der Waals surface area contributed by atoms with Crippen LogP contribution in [0.3, 0.4) is 0 Å². The van der Waals surface area contributed by atoms with Crippen LogP contribution in [0.25, 0.3) is 0 Å². The summed E-state index contributed by atoms with van der Waals surface area (Å²) in [5.41, 5.74) is 5.24. The lowest BCUT2D eigenvalue weighted by Gasteiger charge is -2.19. The van der Waals surface area contributed by atoms with Crippen molar-refractivity contribution in [1.29, 1.82) is 0 Å². The summed E-state index contributed by atoms with van der Waals surface area (Å²) in [6, 6.07) is 0. The van der Waals surface area contributed by atoms with Gasteiger partial charge in [0, 0.05) is 13.8 Å². The molecule has 0 bridgehead atoms. The Balaban J connectivity index is 3.79. The highest BCUT2D eigenvalue weighted by Crippen LogP contribution is 1.87. The van der Waals surface area contributed by atoms with Crippen LogP contribution in [0.4, 0.5) is 0 Å². The first-order valence-corrected chi connectivity index (χ1v) is 2.96. The average Bonchev–Trinajstić information content (AvgIpc) is 1.31. The number of hydrogen-bond acceptors (Lipinski definition) is 1. The highest BCUT2D eigenvalue weighted by molar-refractivity contribution is 5.14. The molecule has 0 aromatic heterocycles. The van der Waals surface area contributed by atoms with Crippen LogP contribution in [0.2, 0.25) is 0 Å². The SMILES string of the molecule is C=[N+]([I-])C(C)(C)N. The predicted octanol–water partition coefficient (Wildman–Crippen LogP) is -3.14. The van der Waals surface area contributed by atoms with E-state index < -0.39 is 0 Å². The van der Waals surface area contributed by atoms with E-state index in [1.54, 1.807) is 2.79 Å². The Hall–Kier alpha value is 0.360. The molecule has 0 saturated carbocycles. The first kappa shape index (κ1) is 7.36. The molecule has 2 N–H and O–H groups in total. The molecule has 0 aliphatic rings. The smallest absolute Gasteiger partial charge is 0.184 e. The van der Waals surface area contributed by atoms with Crippen molar-refractivity contribution in [2.45, 2.75) is 19.5 Å². The van der Waals surface area contributed by atoms with Crippen molar-refractivity contribution in [3.63, 3.8) is 0 Å². The molecule has 0 aromatic carbocycles. The van der Waals surface area contributed by atoms with Crippen LogP contribution >= 0.6 is 0 Å². The van der Waals surface area contributed by atoms with Crippen LogP contribution in [-0.4, -0.2) is 15.2 Å². The van der Waals surface area contributed by atoms with Gasteiger partial charge in [0.05, 0.1) is 0 Å². The molecular formula is C4H10IN2. The number of nitrogens with two attached hydrogens (primary N) is 1. The summed E-state index contributed by atoms with van der Waals surface area (Å²) in [6.45, 7) is 7.40. The maximum Gasteiger partial charge on any atom is 0.184 e. The Morgan fingerprint density at radius 2 is 1.86 bits per heavy atom. The summed E-state index contributed by atoms with van der Waals surface area (Å²) in [5, 5.41) is 0. The van der Waals surface area contributed by atoms with Gasteiger partial charge in [-0.15, -0.1) is 0 Å². The lowest BCUT2D eigenvalue weighted by molar-refractivity contribution is -1.08. The predicted molar refractivity (Wildman–Crippen MR) is 25.6 cm³/mol. The monoisotopic (exact) mass is 213 g/mol. The molecule has 2 nitrogen and oxygen atoms in total. The zero-order valence-electron chi connectivity index (χ0n) is 4.61. The van der Waals surface area contributed by atoms with Crippen LogP contribution in [-0.2, 0) is 0 Å². The molecule has 0 aromatic rings. The second-order valence-electron chi connectivity index (χ2n) is 2.02. The highest BCUT2D eigenvalue weighted by Gasteiger charge is 2.11. The third-order valence-corrected chi connectivity index (χ3v) is 1.87. The van der Waals surface area contributed by atoms with Crippen molar-refractivity contribution >= 4 is 6.72 Å². The molecule has 0 aliphatic carbocycles. The van der Waals surface area contributed by atoms with E-state index in [2.05, 4.69) is 6.72 Å². The lowest BCUT2D eigenvalue weighted by atomic mass is 10.3. The van der Waals surface area contributed by atoms with Crippen molar-refractivity contribution in [2.24, 2.45) is 5.73 Å². The normalized spacial score (nSPS) is 11.4. The minimum atomic E-state index is -0.291. The molecule has 43 valence electrons. The molecule has 0 atom stereocenters. The van der Waals surface area contributed by atoms with Crippen molar-refractivity contribution < 1.29 is 25.7 Å². The molecule has 0 fully saturated rings. The summed E-state index contributed by atoms with van der Waals surface area (Å²) in [5.74, 6) is 0. The molecule has 1 radical (unpaired) electrons. The Morgan fingerprint density at radius 1 is 1.71 bits per heavy atom. The van der Waals surface area contributed by atoms with Gasteiger partial charge in [-0.05, 0) is 0 Å². The summed E-state index contributed by atoms with van der Waals surface area (Å²) >= 11 is 2.05. The topological polar surface area (TPSA) is 29.0 Å². The number of rotatable bonds is 1. The molecule has 0 spiro atoms. The van der Waals surface area contributed by atoms with E-state index in [0.717, 1.165) is 0 Å². The van der Waals surface area contributed by atoms with E-state index in [1.165, 1.54) is 0 Å². The van der Waals surface area contributed by atoms with Crippen molar-refractivity contribution in [3.05, 3.63) is 0 Å². The van der Waals surface area contributed by atoms with Gasteiger partial charge in [-0.3, -0.25) is 5.73 Å². The van der Waals surface area contributed by atoms with Gasteiger partial charge in [-0.1, -0.05) is 0 Å². The van der Waals surface area contributed by atoms with Gasteiger partial charge in [0.1, 0.15) is 6.72 Å². The van der Waals surface area contributed by atoms with Gasteiger partial charge in [-0.2, -0.15) is 0 Å². The van der Waals surface area contributed by atoms with E-state index in [9.17, 15) is 0 Å². The van der Waals surface area contributed by atoms with Crippen LogP contribution in [0.1, 0.15) is 13.8 Å². The largest absolute Gasteiger partial charge is 0.371 e. The van der Waals surface area contributed by atoms with Gasteiger partial charge in [0.15, 0.2) is 5.66 Å². The minimum Gasteiger partial charge on any atom is -0.371 e. The van der Waals surface area contributed by atoms with Crippen molar-refractivity contribution in [3.8, 4) is 0 Å². The number of halogens is 1. The van der Waals surface area contributed by atoms with Crippen LogP contribution in [0.15, 0.2) is 0 Å². The molecule has 7 heavy (non-hydrogen) atoms. The molecule has 3 heteroatoms. The molecule has 0 aliphatic heterocycles. The third kappa shape index (κ3) is 2.99. The van der Waals surface area contributed by atoms with Gasteiger partial charge in [0.25, 0.3) is 0 Å². The fraction of sp³-hybridized carbons (Fsp3) is 0.750. The Kier molecular flexibility index (Phi) is 2.19. The second-order valence-corrected chi connectivity index (χ2v) is 3.18. The van der Waals surface area contributed by atoms with E-state index in [1.807, 2.05) is 36.7 Å². The Bertz CT molecular complexity index is 82.2. The van der Waals surface area contributed by atoms with Gasteiger partial charge < -0.3 is 25.7 Å². The van der Waals surface area contributed by atoms with E-state index in [4.69, 9.17) is 5.73 Å². The lowest BCUT2D eigenvalue weighted by Crippen LogP contribution is -3.40. The zero-order chi connectivity index (χ0) is 6.08. The number of nitrogens with zero attached hydrogens (tertiary/aromatic N) is 1. The summed E-state index contributed by atoms with van der Waals surface area (Å²) in [7, 11) is 0. The molecule has 0 heterocycles. The van der Waals surface area contributed by atoms with Crippen molar-refractivity contribution in [2.75, 3.05) is 0 Å². The van der Waals surface area contributed by atoms with Crippen LogP contribution in [0, 0.1) is 0 Å².